The average molecular weight is 332 g/mol. The van der Waals surface area contributed by atoms with Crippen LogP contribution in [0.15, 0.2) is 46.9 Å². The maximum atomic E-state index is 3.58. The summed E-state index contributed by atoms with van der Waals surface area (Å²) in [6.45, 7) is 6.55. The van der Waals surface area contributed by atoms with Crippen molar-refractivity contribution in [2.75, 3.05) is 5.32 Å². The molecule has 0 fully saturated rings. The third kappa shape index (κ3) is 3.86. The Morgan fingerprint density at radius 1 is 1.10 bits per heavy atom. The molecule has 0 aliphatic heterocycles. The molecule has 0 bridgehead atoms. The van der Waals surface area contributed by atoms with E-state index in [0.717, 1.165) is 10.9 Å². The van der Waals surface area contributed by atoms with Gasteiger partial charge in [0.2, 0.25) is 0 Å². The van der Waals surface area contributed by atoms with Gasteiger partial charge in [0.15, 0.2) is 0 Å². The van der Waals surface area contributed by atoms with E-state index in [1.807, 2.05) is 0 Å². The molecule has 0 aliphatic rings. The number of halogens is 1. The first-order valence-corrected chi connectivity index (χ1v) is 8.01. The van der Waals surface area contributed by atoms with Crippen molar-refractivity contribution in [2.45, 2.75) is 39.7 Å². The fraction of sp³-hybridized carbons (Fsp3) is 0.333. The molecule has 1 unspecified atom stereocenters. The van der Waals surface area contributed by atoms with Crippen molar-refractivity contribution >= 4 is 21.6 Å². The molecule has 0 spiro atoms. The van der Waals surface area contributed by atoms with Crippen LogP contribution in [-0.2, 0) is 6.42 Å². The number of anilines is 1. The first-order valence-electron chi connectivity index (χ1n) is 7.21. The molecule has 0 saturated carbocycles. The number of aryl methyl sites for hydroxylation is 2. The lowest BCUT2D eigenvalue weighted by atomic mass is 10.0. The van der Waals surface area contributed by atoms with Gasteiger partial charge in [0.25, 0.3) is 0 Å². The molecule has 0 aliphatic carbocycles. The molecule has 106 valence electrons. The maximum absolute atomic E-state index is 3.58. The summed E-state index contributed by atoms with van der Waals surface area (Å²) < 4.78 is 1.12. The molecule has 1 nitrogen and oxygen atoms in total. The number of nitrogens with one attached hydrogen (secondary N) is 1. The summed E-state index contributed by atoms with van der Waals surface area (Å²) in [6, 6.07) is 15.6. The summed E-state index contributed by atoms with van der Waals surface area (Å²) in [5, 5.41) is 3.58. The summed E-state index contributed by atoms with van der Waals surface area (Å²) in [6.07, 6.45) is 2.36. The van der Waals surface area contributed by atoms with Crippen molar-refractivity contribution in [1.29, 1.82) is 0 Å². The minimum atomic E-state index is 0.311. The van der Waals surface area contributed by atoms with Crippen LogP contribution in [0.2, 0.25) is 0 Å². The normalized spacial score (nSPS) is 12.2. The molecular formula is C18H22BrN. The molecule has 0 amide bonds. The van der Waals surface area contributed by atoms with Crippen molar-refractivity contribution in [3.63, 3.8) is 0 Å². The molecule has 1 N–H and O–H groups in total. The zero-order chi connectivity index (χ0) is 14.5. The van der Waals surface area contributed by atoms with Gasteiger partial charge in [-0.1, -0.05) is 53.5 Å². The van der Waals surface area contributed by atoms with E-state index in [0.29, 0.717) is 6.04 Å². The molecular weight excluding hydrogens is 310 g/mol. The van der Waals surface area contributed by atoms with E-state index in [9.17, 15) is 0 Å². The molecule has 0 aromatic heterocycles. The van der Waals surface area contributed by atoms with E-state index in [2.05, 4.69) is 84.5 Å². The first kappa shape index (κ1) is 15.1. The van der Waals surface area contributed by atoms with E-state index < -0.39 is 0 Å². The highest BCUT2D eigenvalue weighted by molar-refractivity contribution is 9.10. The van der Waals surface area contributed by atoms with Crippen molar-refractivity contribution < 1.29 is 0 Å². The van der Waals surface area contributed by atoms with Gasteiger partial charge in [-0.25, -0.2) is 0 Å². The number of hydrogen-bond acceptors (Lipinski definition) is 1. The molecule has 2 heteroatoms. The molecule has 0 heterocycles. The van der Waals surface area contributed by atoms with Crippen LogP contribution in [0.25, 0.3) is 0 Å². The molecule has 2 rings (SSSR count). The minimum Gasteiger partial charge on any atom is -0.378 e. The van der Waals surface area contributed by atoms with Gasteiger partial charge in [0, 0.05) is 16.2 Å². The number of benzene rings is 2. The smallest absolute Gasteiger partial charge is 0.0485 e. The van der Waals surface area contributed by atoms with Gasteiger partial charge in [0.05, 0.1) is 0 Å². The monoisotopic (exact) mass is 331 g/mol. The predicted molar refractivity (Wildman–Crippen MR) is 91.4 cm³/mol. The van der Waals surface area contributed by atoms with Gasteiger partial charge in [-0.05, 0) is 55.2 Å². The van der Waals surface area contributed by atoms with Crippen molar-refractivity contribution in [3.05, 3.63) is 63.6 Å². The zero-order valence-corrected chi connectivity index (χ0v) is 14.0. The first-order chi connectivity index (χ1) is 9.60. The van der Waals surface area contributed by atoms with Gasteiger partial charge < -0.3 is 5.32 Å². The molecule has 0 saturated heterocycles. The molecule has 2 aromatic carbocycles. The Kier molecular flexibility index (Phi) is 5.24. The van der Waals surface area contributed by atoms with Crippen LogP contribution in [0.4, 0.5) is 5.69 Å². The Balaban J connectivity index is 2.09. The van der Waals surface area contributed by atoms with E-state index >= 15 is 0 Å². The largest absolute Gasteiger partial charge is 0.378 e. The average Bonchev–Trinajstić information content (AvgIpc) is 2.43. The highest BCUT2D eigenvalue weighted by atomic mass is 79.9. The van der Waals surface area contributed by atoms with E-state index in [-0.39, 0.29) is 0 Å². The van der Waals surface area contributed by atoms with E-state index in [1.165, 1.54) is 28.8 Å². The zero-order valence-electron chi connectivity index (χ0n) is 12.4. The number of rotatable bonds is 5. The van der Waals surface area contributed by atoms with Crippen molar-refractivity contribution in [2.24, 2.45) is 0 Å². The van der Waals surface area contributed by atoms with Crippen LogP contribution in [0.1, 0.15) is 43.0 Å². The van der Waals surface area contributed by atoms with Crippen LogP contribution < -0.4 is 5.32 Å². The third-order valence-electron chi connectivity index (χ3n) is 3.58. The van der Waals surface area contributed by atoms with Gasteiger partial charge >= 0.3 is 0 Å². The predicted octanol–water partition coefficient (Wildman–Crippen LogP) is 5.88. The van der Waals surface area contributed by atoms with Gasteiger partial charge in [-0.3, -0.25) is 0 Å². The lowest BCUT2D eigenvalue weighted by Crippen LogP contribution is -2.07. The lowest BCUT2D eigenvalue weighted by Gasteiger charge is -2.18. The van der Waals surface area contributed by atoms with Crippen molar-refractivity contribution in [3.8, 4) is 0 Å². The topological polar surface area (TPSA) is 12.0 Å². The summed E-state index contributed by atoms with van der Waals surface area (Å²) in [5.74, 6) is 0. The summed E-state index contributed by atoms with van der Waals surface area (Å²) in [5.41, 5.74) is 5.20. The quantitative estimate of drug-likeness (QED) is 0.720. The molecule has 2 aromatic rings. The second-order valence-electron chi connectivity index (χ2n) is 5.32. The fourth-order valence-corrected chi connectivity index (χ4v) is 2.84. The number of hydrogen-bond donors (Lipinski definition) is 1. The van der Waals surface area contributed by atoms with Crippen LogP contribution in [0.3, 0.4) is 0 Å². The van der Waals surface area contributed by atoms with Crippen LogP contribution in [0.5, 0.6) is 0 Å². The molecule has 0 radical (unpaired) electrons. The summed E-state index contributed by atoms with van der Waals surface area (Å²) in [4.78, 5) is 0. The third-order valence-corrected chi connectivity index (χ3v) is 4.07. The Hall–Kier alpha value is -1.28. The maximum Gasteiger partial charge on any atom is 0.0485 e. The van der Waals surface area contributed by atoms with E-state index in [1.54, 1.807) is 0 Å². The second-order valence-corrected chi connectivity index (χ2v) is 6.23. The minimum absolute atomic E-state index is 0.311. The van der Waals surface area contributed by atoms with Crippen LogP contribution >= 0.6 is 15.9 Å². The van der Waals surface area contributed by atoms with Gasteiger partial charge in [-0.2, -0.15) is 0 Å². The Bertz CT molecular complexity index is 560. The second kappa shape index (κ2) is 6.94. The lowest BCUT2D eigenvalue weighted by molar-refractivity contribution is 0.874. The standard InChI is InChI=1S/C18H22BrN/c1-4-5-15-6-8-16(9-7-15)14(3)20-18-11-10-17(19)12-13(18)2/h6-12,14,20H,4-5H2,1-3H3. The summed E-state index contributed by atoms with van der Waals surface area (Å²) in [7, 11) is 0. The fourth-order valence-electron chi connectivity index (χ4n) is 2.37. The SMILES string of the molecule is CCCc1ccc(C(C)Nc2ccc(Br)cc2C)cc1. The Morgan fingerprint density at radius 3 is 2.40 bits per heavy atom. The van der Waals surface area contributed by atoms with Gasteiger partial charge in [0.1, 0.15) is 0 Å². The highest BCUT2D eigenvalue weighted by Gasteiger charge is 2.07. The van der Waals surface area contributed by atoms with Gasteiger partial charge in [-0.15, -0.1) is 0 Å². The Morgan fingerprint density at radius 2 is 1.80 bits per heavy atom. The van der Waals surface area contributed by atoms with E-state index in [4.69, 9.17) is 0 Å². The van der Waals surface area contributed by atoms with Crippen LogP contribution in [-0.4, -0.2) is 0 Å². The highest BCUT2D eigenvalue weighted by Crippen LogP contribution is 2.25. The van der Waals surface area contributed by atoms with Crippen molar-refractivity contribution in [1.82, 2.24) is 0 Å². The summed E-state index contributed by atoms with van der Waals surface area (Å²) >= 11 is 3.50. The molecule has 1 atom stereocenters. The molecule has 20 heavy (non-hydrogen) atoms. The Labute approximate surface area is 130 Å². The van der Waals surface area contributed by atoms with Crippen LogP contribution in [0, 0.1) is 6.92 Å².